The number of amides is 1. The van der Waals surface area contributed by atoms with Crippen LogP contribution in [-0.2, 0) is 24.2 Å². The lowest BCUT2D eigenvalue weighted by molar-refractivity contribution is -0.134. The third-order valence-corrected chi connectivity index (χ3v) is 8.10. The van der Waals surface area contributed by atoms with Gasteiger partial charge in [0.15, 0.2) is 14.6 Å². The van der Waals surface area contributed by atoms with E-state index in [-0.39, 0.29) is 36.7 Å². The highest BCUT2D eigenvalue weighted by Crippen LogP contribution is 2.35. The van der Waals surface area contributed by atoms with Crippen molar-refractivity contribution < 1.29 is 42.5 Å². The van der Waals surface area contributed by atoms with Crippen molar-refractivity contribution in [3.8, 4) is 11.5 Å². The number of methoxy groups -OCH3 is 1. The van der Waals surface area contributed by atoms with Gasteiger partial charge in [0.05, 0.1) is 12.0 Å². The van der Waals surface area contributed by atoms with E-state index in [1.165, 1.54) is 36.9 Å². The van der Waals surface area contributed by atoms with E-state index in [0.29, 0.717) is 11.3 Å². The molecule has 0 spiro atoms. The predicted molar refractivity (Wildman–Crippen MR) is 115 cm³/mol. The molecule has 1 atom stereocenters. The largest absolute Gasteiger partial charge is 0.497 e. The van der Waals surface area contributed by atoms with E-state index < -0.39 is 39.0 Å². The van der Waals surface area contributed by atoms with Crippen LogP contribution < -0.4 is 15.0 Å². The zero-order valence-corrected chi connectivity index (χ0v) is 18.7. The fourth-order valence-corrected chi connectivity index (χ4v) is 5.51. The van der Waals surface area contributed by atoms with Crippen LogP contribution >= 0.6 is 0 Å². The molecule has 0 aromatic heterocycles. The fourth-order valence-electron chi connectivity index (χ4n) is 3.57. The van der Waals surface area contributed by atoms with Crippen molar-refractivity contribution in [1.82, 2.24) is 5.48 Å². The van der Waals surface area contributed by atoms with Crippen LogP contribution in [0.25, 0.3) is 0 Å². The van der Waals surface area contributed by atoms with Crippen molar-refractivity contribution in [2.45, 2.75) is 28.6 Å². The summed E-state index contributed by atoms with van der Waals surface area (Å²) in [7, 11) is -2.66. The maximum absolute atomic E-state index is 13.2. The molecule has 0 aliphatic carbocycles. The summed E-state index contributed by atoms with van der Waals surface area (Å²) in [6.45, 7) is -0.313. The predicted octanol–water partition coefficient (Wildman–Crippen LogP) is 1.20. The standard InChI is InChI=1S/C22H25NO9S/c1-30-16-4-2-15(3-5-16)20(25)19(24)14-32-17-6-8-18(9-7-17)33(28,29)22(21(26)23-27)10-12-31-13-11-22/h2-9,20,25,27H,10-14H2,1H3,(H,23,26). The minimum Gasteiger partial charge on any atom is -0.497 e. The average molecular weight is 480 g/mol. The molecule has 1 amide bonds. The van der Waals surface area contributed by atoms with Gasteiger partial charge in [0.1, 0.15) is 24.2 Å². The number of ketones is 1. The number of rotatable bonds is 9. The van der Waals surface area contributed by atoms with E-state index in [0.717, 1.165) is 0 Å². The Morgan fingerprint density at radius 2 is 1.64 bits per heavy atom. The van der Waals surface area contributed by atoms with Crippen molar-refractivity contribution in [2.75, 3.05) is 26.9 Å². The topological polar surface area (TPSA) is 148 Å². The van der Waals surface area contributed by atoms with Crippen LogP contribution in [0.5, 0.6) is 11.5 Å². The Hall–Kier alpha value is -2.99. The molecule has 3 rings (SSSR count). The number of aliphatic hydroxyl groups is 1. The second-order valence-corrected chi connectivity index (χ2v) is 9.71. The molecule has 10 nitrogen and oxygen atoms in total. The molecular weight excluding hydrogens is 454 g/mol. The Morgan fingerprint density at radius 1 is 1.06 bits per heavy atom. The minimum atomic E-state index is -4.16. The Bertz CT molecular complexity index is 1080. The van der Waals surface area contributed by atoms with Gasteiger partial charge in [0.25, 0.3) is 5.91 Å². The van der Waals surface area contributed by atoms with Crippen LogP contribution in [0.4, 0.5) is 0 Å². The lowest BCUT2D eigenvalue weighted by atomic mass is 9.98. The third-order valence-electron chi connectivity index (χ3n) is 5.58. The molecule has 2 aromatic carbocycles. The molecule has 1 fully saturated rings. The first-order valence-corrected chi connectivity index (χ1v) is 11.6. The number of Topliss-reactive ketones (excluding diaryl/α,β-unsaturated/α-hetero) is 1. The van der Waals surface area contributed by atoms with E-state index in [2.05, 4.69) is 0 Å². The zero-order chi connectivity index (χ0) is 24.1. The molecule has 1 heterocycles. The molecule has 3 N–H and O–H groups in total. The van der Waals surface area contributed by atoms with E-state index in [1.54, 1.807) is 24.3 Å². The van der Waals surface area contributed by atoms with Crippen LogP contribution in [-0.4, -0.2) is 62.1 Å². The maximum atomic E-state index is 13.2. The Morgan fingerprint density at radius 3 is 2.18 bits per heavy atom. The molecule has 11 heteroatoms. The summed E-state index contributed by atoms with van der Waals surface area (Å²) in [6.07, 6.45) is -1.59. The SMILES string of the molecule is COc1ccc(C(O)C(=O)COc2ccc(S(=O)(=O)C3(C(=O)NO)CCOCC3)cc2)cc1. The van der Waals surface area contributed by atoms with Gasteiger partial charge < -0.3 is 19.3 Å². The van der Waals surface area contributed by atoms with Crippen molar-refractivity contribution >= 4 is 21.5 Å². The number of carbonyl (C=O) groups is 2. The molecule has 0 bridgehead atoms. The van der Waals surface area contributed by atoms with Gasteiger partial charge in [0, 0.05) is 13.2 Å². The zero-order valence-electron chi connectivity index (χ0n) is 17.9. The van der Waals surface area contributed by atoms with Crippen LogP contribution in [0.15, 0.2) is 53.4 Å². The Balaban J connectivity index is 1.69. The van der Waals surface area contributed by atoms with Crippen molar-refractivity contribution in [3.63, 3.8) is 0 Å². The number of hydrogen-bond acceptors (Lipinski definition) is 9. The Labute approximate surface area is 191 Å². The second-order valence-electron chi connectivity index (χ2n) is 7.45. The first-order valence-electron chi connectivity index (χ1n) is 10.1. The summed E-state index contributed by atoms with van der Waals surface area (Å²) in [5, 5.41) is 19.3. The van der Waals surface area contributed by atoms with Gasteiger partial charge in [-0.1, -0.05) is 12.1 Å². The van der Waals surface area contributed by atoms with Crippen LogP contribution in [0.1, 0.15) is 24.5 Å². The maximum Gasteiger partial charge on any atom is 0.265 e. The van der Waals surface area contributed by atoms with Crippen LogP contribution in [0.2, 0.25) is 0 Å². The highest BCUT2D eigenvalue weighted by atomic mass is 32.2. The molecule has 2 aromatic rings. The first-order chi connectivity index (χ1) is 15.7. The van der Waals surface area contributed by atoms with Gasteiger partial charge in [-0.15, -0.1) is 0 Å². The van der Waals surface area contributed by atoms with E-state index >= 15 is 0 Å². The number of carbonyl (C=O) groups excluding carboxylic acids is 2. The molecule has 1 aliphatic rings. The van der Waals surface area contributed by atoms with Gasteiger partial charge in [0.2, 0.25) is 5.78 Å². The fraction of sp³-hybridized carbons (Fsp3) is 0.364. The molecule has 1 aliphatic heterocycles. The lowest BCUT2D eigenvalue weighted by Crippen LogP contribution is -2.54. The summed E-state index contributed by atoms with van der Waals surface area (Å²) >= 11 is 0. The molecule has 0 radical (unpaired) electrons. The summed E-state index contributed by atoms with van der Waals surface area (Å²) in [4.78, 5) is 24.4. The summed E-state index contributed by atoms with van der Waals surface area (Å²) in [5.41, 5.74) is 1.84. The molecule has 1 saturated heterocycles. The molecular formula is C22H25NO9S. The first kappa shape index (κ1) is 24.6. The minimum absolute atomic E-state index is 0.0620. The summed E-state index contributed by atoms with van der Waals surface area (Å²) < 4.78 is 40.2. The highest BCUT2D eigenvalue weighted by Gasteiger charge is 2.52. The van der Waals surface area contributed by atoms with Gasteiger partial charge in [-0.05, 0) is 54.8 Å². The quantitative estimate of drug-likeness (QED) is 0.356. The Kier molecular flexibility index (Phi) is 7.69. The average Bonchev–Trinajstić information content (AvgIpc) is 2.86. The number of aliphatic hydroxyl groups excluding tert-OH is 1. The van der Waals surface area contributed by atoms with E-state index in [1.807, 2.05) is 0 Å². The number of sulfone groups is 1. The highest BCUT2D eigenvalue weighted by molar-refractivity contribution is 7.93. The van der Waals surface area contributed by atoms with E-state index in [9.17, 15) is 23.1 Å². The van der Waals surface area contributed by atoms with Gasteiger partial charge in [-0.2, -0.15) is 0 Å². The number of hydroxylamine groups is 1. The number of nitrogens with one attached hydrogen (secondary N) is 1. The van der Waals surface area contributed by atoms with Crippen molar-refractivity contribution in [3.05, 3.63) is 54.1 Å². The number of ether oxygens (including phenoxy) is 3. The molecule has 0 saturated carbocycles. The second kappa shape index (κ2) is 10.3. The van der Waals surface area contributed by atoms with Crippen molar-refractivity contribution in [1.29, 1.82) is 0 Å². The molecule has 178 valence electrons. The summed E-state index contributed by atoms with van der Waals surface area (Å²) in [5.74, 6) is -0.803. The molecule has 1 unspecified atom stereocenters. The van der Waals surface area contributed by atoms with Gasteiger partial charge in [-0.3, -0.25) is 14.8 Å². The smallest absolute Gasteiger partial charge is 0.265 e. The summed E-state index contributed by atoms with van der Waals surface area (Å²) in [6, 6.07) is 11.6. The van der Waals surface area contributed by atoms with Gasteiger partial charge in [-0.25, -0.2) is 13.9 Å². The molecule has 33 heavy (non-hydrogen) atoms. The third kappa shape index (κ3) is 5.01. The lowest BCUT2D eigenvalue weighted by Gasteiger charge is -2.34. The van der Waals surface area contributed by atoms with Crippen molar-refractivity contribution in [2.24, 2.45) is 0 Å². The monoisotopic (exact) mass is 479 g/mol. The van der Waals surface area contributed by atoms with E-state index in [4.69, 9.17) is 19.4 Å². The van der Waals surface area contributed by atoms with Gasteiger partial charge >= 0.3 is 0 Å². The number of benzene rings is 2. The van der Waals surface area contributed by atoms with Crippen LogP contribution in [0, 0.1) is 0 Å². The normalized spacial score (nSPS) is 16.5. The van der Waals surface area contributed by atoms with Crippen LogP contribution in [0.3, 0.4) is 0 Å². The number of hydrogen-bond donors (Lipinski definition) is 3.